The smallest absolute Gasteiger partial charge is 0.410 e. The van der Waals surface area contributed by atoms with Crippen molar-refractivity contribution in [3.05, 3.63) is 29.8 Å². The van der Waals surface area contributed by atoms with Gasteiger partial charge in [0.1, 0.15) is 5.60 Å². The Morgan fingerprint density at radius 3 is 2.80 bits per heavy atom. The van der Waals surface area contributed by atoms with E-state index in [-0.39, 0.29) is 6.09 Å². The third-order valence-corrected chi connectivity index (χ3v) is 3.34. The molecule has 1 amide bonds. The van der Waals surface area contributed by atoms with Gasteiger partial charge in [0.2, 0.25) is 0 Å². The first kappa shape index (κ1) is 14.7. The van der Waals surface area contributed by atoms with E-state index in [0.29, 0.717) is 12.5 Å². The average Bonchev–Trinajstić information content (AvgIpc) is 2.36. The minimum atomic E-state index is -0.442. The molecule has 0 spiro atoms. The quantitative estimate of drug-likeness (QED) is 0.902. The van der Waals surface area contributed by atoms with Crippen LogP contribution < -0.4 is 5.32 Å². The maximum absolute atomic E-state index is 12.0. The van der Waals surface area contributed by atoms with Crippen molar-refractivity contribution < 1.29 is 9.53 Å². The minimum absolute atomic E-state index is 0.253. The number of hydrogen-bond donors (Lipinski definition) is 1. The minimum Gasteiger partial charge on any atom is -0.444 e. The highest BCUT2D eigenvalue weighted by Gasteiger charge is 2.24. The number of benzene rings is 1. The summed E-state index contributed by atoms with van der Waals surface area (Å²) >= 11 is 0. The predicted octanol–water partition coefficient (Wildman–Crippen LogP) is 3.14. The fraction of sp³-hybridized carbons (Fsp3) is 0.562. The average molecular weight is 276 g/mol. The van der Waals surface area contributed by atoms with Crippen LogP contribution in [0, 0.1) is 5.92 Å². The van der Waals surface area contributed by atoms with E-state index in [4.69, 9.17) is 4.74 Å². The number of nitrogens with one attached hydrogen (secondary N) is 1. The Bertz CT molecular complexity index is 480. The zero-order chi connectivity index (χ0) is 14.8. The molecule has 0 saturated carbocycles. The summed E-state index contributed by atoms with van der Waals surface area (Å²) in [6, 6.07) is 8.34. The SMILES string of the molecule is CN(CC1CNc2ccccc2C1)C(=O)OC(C)(C)C. The highest BCUT2D eigenvalue weighted by molar-refractivity contribution is 5.67. The van der Waals surface area contributed by atoms with Crippen molar-refractivity contribution in [2.45, 2.75) is 32.8 Å². The van der Waals surface area contributed by atoms with Crippen LogP contribution in [0.1, 0.15) is 26.3 Å². The molecule has 110 valence electrons. The number of rotatable bonds is 2. The molecule has 0 radical (unpaired) electrons. The van der Waals surface area contributed by atoms with Gasteiger partial charge in [-0.05, 0) is 44.7 Å². The van der Waals surface area contributed by atoms with Crippen molar-refractivity contribution in [1.29, 1.82) is 0 Å². The Morgan fingerprint density at radius 2 is 2.10 bits per heavy atom. The lowest BCUT2D eigenvalue weighted by Gasteiger charge is -2.31. The molecule has 1 aromatic rings. The molecule has 2 rings (SSSR count). The molecule has 1 atom stereocenters. The molecule has 0 fully saturated rings. The van der Waals surface area contributed by atoms with Gasteiger partial charge in [0, 0.05) is 25.8 Å². The van der Waals surface area contributed by atoms with E-state index in [0.717, 1.165) is 13.0 Å². The largest absolute Gasteiger partial charge is 0.444 e. The number of fused-ring (bicyclic) bond motifs is 1. The summed E-state index contributed by atoms with van der Waals surface area (Å²) < 4.78 is 5.38. The van der Waals surface area contributed by atoms with Crippen molar-refractivity contribution in [3.8, 4) is 0 Å². The monoisotopic (exact) mass is 276 g/mol. The molecule has 1 aliphatic heterocycles. The summed E-state index contributed by atoms with van der Waals surface area (Å²) in [6.45, 7) is 7.26. The van der Waals surface area contributed by atoms with Crippen molar-refractivity contribution >= 4 is 11.8 Å². The zero-order valence-electron chi connectivity index (χ0n) is 12.8. The van der Waals surface area contributed by atoms with E-state index >= 15 is 0 Å². The molecule has 1 aromatic carbocycles. The lowest BCUT2D eigenvalue weighted by atomic mass is 9.94. The van der Waals surface area contributed by atoms with E-state index in [1.54, 1.807) is 11.9 Å². The van der Waals surface area contributed by atoms with Crippen LogP contribution in [0.25, 0.3) is 0 Å². The molecular weight excluding hydrogens is 252 g/mol. The van der Waals surface area contributed by atoms with Gasteiger partial charge in [-0.15, -0.1) is 0 Å². The lowest BCUT2D eigenvalue weighted by molar-refractivity contribution is 0.0275. The molecule has 4 nitrogen and oxygen atoms in total. The second-order valence-corrected chi connectivity index (χ2v) is 6.47. The fourth-order valence-electron chi connectivity index (χ4n) is 2.44. The van der Waals surface area contributed by atoms with Crippen LogP contribution >= 0.6 is 0 Å². The molecule has 20 heavy (non-hydrogen) atoms. The van der Waals surface area contributed by atoms with Crippen molar-refractivity contribution in [2.24, 2.45) is 5.92 Å². The second-order valence-electron chi connectivity index (χ2n) is 6.47. The first-order valence-electron chi connectivity index (χ1n) is 7.11. The molecule has 0 aliphatic carbocycles. The van der Waals surface area contributed by atoms with Crippen molar-refractivity contribution in [2.75, 3.05) is 25.5 Å². The molecule has 0 aromatic heterocycles. The van der Waals surface area contributed by atoms with Crippen LogP contribution in [-0.2, 0) is 11.2 Å². The van der Waals surface area contributed by atoms with Gasteiger partial charge >= 0.3 is 6.09 Å². The van der Waals surface area contributed by atoms with Crippen LogP contribution in [-0.4, -0.2) is 36.7 Å². The molecule has 1 heterocycles. The van der Waals surface area contributed by atoms with E-state index in [1.165, 1.54) is 11.3 Å². The van der Waals surface area contributed by atoms with Crippen LogP contribution in [0.15, 0.2) is 24.3 Å². The summed E-state index contributed by atoms with van der Waals surface area (Å²) in [5.74, 6) is 0.419. The van der Waals surface area contributed by atoms with Crippen LogP contribution in [0.5, 0.6) is 0 Å². The van der Waals surface area contributed by atoms with Crippen molar-refractivity contribution in [3.63, 3.8) is 0 Å². The first-order valence-corrected chi connectivity index (χ1v) is 7.11. The summed E-state index contributed by atoms with van der Waals surface area (Å²) in [5.41, 5.74) is 2.09. The first-order chi connectivity index (χ1) is 9.35. The number of carbonyl (C=O) groups is 1. The predicted molar refractivity (Wildman–Crippen MR) is 81.0 cm³/mol. The van der Waals surface area contributed by atoms with Crippen LogP contribution in [0.3, 0.4) is 0 Å². The lowest BCUT2D eigenvalue weighted by Crippen LogP contribution is -2.39. The number of ether oxygens (including phenoxy) is 1. The molecule has 0 saturated heterocycles. The fourth-order valence-corrected chi connectivity index (χ4v) is 2.44. The second kappa shape index (κ2) is 5.73. The van der Waals surface area contributed by atoms with E-state index in [9.17, 15) is 4.79 Å². The maximum atomic E-state index is 12.0. The summed E-state index contributed by atoms with van der Waals surface area (Å²) in [6.07, 6.45) is 0.743. The summed E-state index contributed by atoms with van der Waals surface area (Å²) in [7, 11) is 1.80. The normalized spacial score (nSPS) is 17.9. The standard InChI is InChI=1S/C16H24N2O2/c1-16(2,3)20-15(19)18(4)11-12-9-13-7-5-6-8-14(13)17-10-12/h5-8,12,17H,9-11H2,1-4H3. The maximum Gasteiger partial charge on any atom is 0.410 e. The van der Waals surface area contributed by atoms with E-state index < -0.39 is 5.60 Å². The van der Waals surface area contributed by atoms with Crippen molar-refractivity contribution in [1.82, 2.24) is 4.90 Å². The van der Waals surface area contributed by atoms with Gasteiger partial charge in [0.15, 0.2) is 0 Å². The summed E-state index contributed by atoms with van der Waals surface area (Å²) in [5, 5.41) is 3.43. The van der Waals surface area contributed by atoms with Gasteiger partial charge in [-0.25, -0.2) is 4.79 Å². The Labute approximate surface area is 121 Å². The Morgan fingerprint density at radius 1 is 1.40 bits per heavy atom. The number of para-hydroxylation sites is 1. The molecular formula is C16H24N2O2. The number of amides is 1. The highest BCUT2D eigenvalue weighted by atomic mass is 16.6. The van der Waals surface area contributed by atoms with Gasteiger partial charge in [-0.1, -0.05) is 18.2 Å². The highest BCUT2D eigenvalue weighted by Crippen LogP contribution is 2.24. The van der Waals surface area contributed by atoms with E-state index in [2.05, 4.69) is 23.5 Å². The Balaban J connectivity index is 1.90. The Hall–Kier alpha value is -1.71. The molecule has 0 bridgehead atoms. The number of hydrogen-bond acceptors (Lipinski definition) is 3. The van der Waals surface area contributed by atoms with Gasteiger partial charge in [-0.3, -0.25) is 0 Å². The number of anilines is 1. The third-order valence-electron chi connectivity index (χ3n) is 3.34. The number of nitrogens with zero attached hydrogens (tertiary/aromatic N) is 1. The number of carbonyl (C=O) groups excluding carboxylic acids is 1. The van der Waals surface area contributed by atoms with Crippen LogP contribution in [0.4, 0.5) is 10.5 Å². The van der Waals surface area contributed by atoms with Crippen LogP contribution in [0.2, 0.25) is 0 Å². The van der Waals surface area contributed by atoms with Gasteiger partial charge in [0.05, 0.1) is 0 Å². The van der Waals surface area contributed by atoms with Gasteiger partial charge < -0.3 is 15.0 Å². The van der Waals surface area contributed by atoms with Gasteiger partial charge in [0.25, 0.3) is 0 Å². The van der Waals surface area contributed by atoms with E-state index in [1.807, 2.05) is 26.8 Å². The molecule has 1 unspecified atom stereocenters. The molecule has 1 N–H and O–H groups in total. The zero-order valence-corrected chi connectivity index (χ0v) is 12.8. The topological polar surface area (TPSA) is 41.6 Å². The van der Waals surface area contributed by atoms with Gasteiger partial charge in [-0.2, -0.15) is 0 Å². The third kappa shape index (κ3) is 3.89. The molecule has 4 heteroatoms. The Kier molecular flexibility index (Phi) is 4.21. The molecule has 1 aliphatic rings. The summed E-state index contributed by atoms with van der Waals surface area (Å²) in [4.78, 5) is 13.6.